The lowest BCUT2D eigenvalue weighted by atomic mass is 10.2. The second kappa shape index (κ2) is 7.78. The molecular weight excluding hydrogens is 282 g/mol. The van der Waals surface area contributed by atoms with Crippen LogP contribution in [-0.4, -0.2) is 35.9 Å². The molecule has 0 aromatic carbocycles. The maximum atomic E-state index is 12.4. The first kappa shape index (κ1) is 15.5. The van der Waals surface area contributed by atoms with Gasteiger partial charge < -0.3 is 10.2 Å². The third kappa shape index (κ3) is 4.56. The van der Waals surface area contributed by atoms with Crippen LogP contribution in [0.1, 0.15) is 28.7 Å². The highest BCUT2D eigenvalue weighted by Gasteiger charge is 2.13. The molecule has 0 saturated carbocycles. The highest BCUT2D eigenvalue weighted by Crippen LogP contribution is 2.12. The molecule has 2 heterocycles. The Bertz CT molecular complexity index is 569. The third-order valence-electron chi connectivity index (χ3n) is 3.18. The molecule has 1 N–H and O–H groups in total. The minimum Gasteiger partial charge on any atom is -0.385 e. The van der Waals surface area contributed by atoms with Gasteiger partial charge in [0.1, 0.15) is 5.69 Å². The molecule has 0 aliphatic rings. The van der Waals surface area contributed by atoms with E-state index in [2.05, 4.69) is 28.7 Å². The normalized spacial score (nSPS) is 10.4. The number of hydrogen-bond donors (Lipinski definition) is 1. The summed E-state index contributed by atoms with van der Waals surface area (Å²) >= 11 is 1.72. The number of amides is 1. The van der Waals surface area contributed by atoms with Crippen molar-refractivity contribution in [3.05, 3.63) is 46.4 Å². The van der Waals surface area contributed by atoms with Crippen LogP contribution in [0.15, 0.2) is 35.8 Å². The topological polar surface area (TPSA) is 45.2 Å². The van der Waals surface area contributed by atoms with Gasteiger partial charge in [-0.05, 0) is 36.4 Å². The van der Waals surface area contributed by atoms with Gasteiger partial charge in [0.2, 0.25) is 0 Å². The largest absolute Gasteiger partial charge is 0.385 e. The number of pyridine rings is 1. The third-order valence-corrected chi connectivity index (χ3v) is 4.11. The lowest BCUT2D eigenvalue weighted by molar-refractivity contribution is 0.0791. The summed E-state index contributed by atoms with van der Waals surface area (Å²) in [4.78, 5) is 19.6. The standard InChI is InChI=1S/C16H21N3OS/c1-3-8-17-13-6-9-18-15(12-13)16(20)19(2)10-7-14-5-4-11-21-14/h4-6,9,11-12H,3,7-8,10H2,1-2H3,(H,17,18). The van der Waals surface area contributed by atoms with Gasteiger partial charge in [-0.2, -0.15) is 0 Å². The molecule has 0 bridgehead atoms. The SMILES string of the molecule is CCCNc1ccnc(C(=O)N(C)CCc2cccs2)c1. The number of thiophene rings is 1. The number of nitrogens with one attached hydrogen (secondary N) is 1. The predicted octanol–water partition coefficient (Wildman–Crippen LogP) is 3.28. The van der Waals surface area contributed by atoms with Crippen molar-refractivity contribution in [1.82, 2.24) is 9.88 Å². The Balaban J connectivity index is 1.94. The van der Waals surface area contributed by atoms with Crippen LogP contribution in [0.5, 0.6) is 0 Å². The number of nitrogens with zero attached hydrogens (tertiary/aromatic N) is 2. The fourth-order valence-corrected chi connectivity index (χ4v) is 2.65. The van der Waals surface area contributed by atoms with E-state index in [1.807, 2.05) is 25.2 Å². The van der Waals surface area contributed by atoms with Crippen LogP contribution in [-0.2, 0) is 6.42 Å². The van der Waals surface area contributed by atoms with E-state index in [9.17, 15) is 4.79 Å². The number of aromatic nitrogens is 1. The summed E-state index contributed by atoms with van der Waals surface area (Å²) in [5, 5.41) is 5.33. The predicted molar refractivity (Wildman–Crippen MR) is 88.0 cm³/mol. The lowest BCUT2D eigenvalue weighted by Crippen LogP contribution is -2.29. The zero-order valence-corrected chi connectivity index (χ0v) is 13.3. The van der Waals surface area contributed by atoms with Crippen molar-refractivity contribution in [1.29, 1.82) is 0 Å². The minimum atomic E-state index is -0.0355. The fourth-order valence-electron chi connectivity index (χ4n) is 1.96. The summed E-state index contributed by atoms with van der Waals surface area (Å²) in [7, 11) is 1.82. The molecule has 2 rings (SSSR count). The first-order valence-electron chi connectivity index (χ1n) is 7.18. The van der Waals surface area contributed by atoms with Crippen molar-refractivity contribution >= 4 is 22.9 Å². The van der Waals surface area contributed by atoms with Crippen LogP contribution >= 0.6 is 11.3 Å². The summed E-state index contributed by atoms with van der Waals surface area (Å²) in [6.45, 7) is 3.71. The maximum Gasteiger partial charge on any atom is 0.272 e. The zero-order valence-electron chi connectivity index (χ0n) is 12.5. The number of carbonyl (C=O) groups is 1. The molecule has 0 aliphatic carbocycles. The van der Waals surface area contributed by atoms with Gasteiger partial charge in [0.05, 0.1) is 0 Å². The number of likely N-dealkylation sites (N-methyl/N-ethyl adjacent to an activating group) is 1. The second-order valence-electron chi connectivity index (χ2n) is 4.91. The van der Waals surface area contributed by atoms with E-state index in [1.54, 1.807) is 22.4 Å². The summed E-state index contributed by atoms with van der Waals surface area (Å²) in [5.74, 6) is -0.0355. The average molecular weight is 303 g/mol. The smallest absolute Gasteiger partial charge is 0.272 e. The number of anilines is 1. The molecule has 4 nitrogen and oxygen atoms in total. The molecule has 2 aromatic heterocycles. The highest BCUT2D eigenvalue weighted by atomic mass is 32.1. The van der Waals surface area contributed by atoms with E-state index in [4.69, 9.17) is 0 Å². The quantitative estimate of drug-likeness (QED) is 0.854. The Morgan fingerprint density at radius 2 is 2.29 bits per heavy atom. The Kier molecular flexibility index (Phi) is 5.75. The summed E-state index contributed by atoms with van der Waals surface area (Å²) < 4.78 is 0. The van der Waals surface area contributed by atoms with Crippen molar-refractivity contribution in [2.24, 2.45) is 0 Å². The second-order valence-corrected chi connectivity index (χ2v) is 5.94. The molecule has 0 saturated heterocycles. The van der Waals surface area contributed by atoms with Crippen LogP contribution < -0.4 is 5.32 Å². The molecule has 0 radical (unpaired) electrons. The molecular formula is C16H21N3OS. The van der Waals surface area contributed by atoms with E-state index < -0.39 is 0 Å². The van der Waals surface area contributed by atoms with E-state index >= 15 is 0 Å². The number of rotatable bonds is 7. The average Bonchev–Trinajstić information content (AvgIpc) is 3.03. The maximum absolute atomic E-state index is 12.4. The van der Waals surface area contributed by atoms with Gasteiger partial charge in [0, 0.05) is 36.9 Å². The minimum absolute atomic E-state index is 0.0355. The Labute approximate surface area is 129 Å². The van der Waals surface area contributed by atoms with Crippen molar-refractivity contribution in [3.8, 4) is 0 Å². The first-order chi connectivity index (χ1) is 10.2. The number of carbonyl (C=O) groups excluding carboxylic acids is 1. The molecule has 1 amide bonds. The lowest BCUT2D eigenvalue weighted by Gasteiger charge is -2.16. The van der Waals surface area contributed by atoms with Crippen LogP contribution in [0.4, 0.5) is 5.69 Å². The van der Waals surface area contributed by atoms with Gasteiger partial charge in [-0.3, -0.25) is 9.78 Å². The van der Waals surface area contributed by atoms with Crippen molar-refractivity contribution < 1.29 is 4.79 Å². The van der Waals surface area contributed by atoms with Gasteiger partial charge in [-0.15, -0.1) is 11.3 Å². The van der Waals surface area contributed by atoms with E-state index in [0.29, 0.717) is 12.2 Å². The van der Waals surface area contributed by atoms with Gasteiger partial charge in [-0.25, -0.2) is 0 Å². The van der Waals surface area contributed by atoms with Gasteiger partial charge in [-0.1, -0.05) is 13.0 Å². The molecule has 0 aliphatic heterocycles. The summed E-state index contributed by atoms with van der Waals surface area (Å²) in [6, 6.07) is 7.83. The molecule has 5 heteroatoms. The molecule has 2 aromatic rings. The van der Waals surface area contributed by atoms with Crippen molar-refractivity contribution in [3.63, 3.8) is 0 Å². The van der Waals surface area contributed by atoms with Gasteiger partial charge in [0.25, 0.3) is 5.91 Å². The van der Waals surface area contributed by atoms with E-state index in [-0.39, 0.29) is 5.91 Å². The van der Waals surface area contributed by atoms with E-state index in [0.717, 1.165) is 25.1 Å². The Morgan fingerprint density at radius 3 is 3.00 bits per heavy atom. The van der Waals surface area contributed by atoms with Gasteiger partial charge >= 0.3 is 0 Å². The molecule has 112 valence electrons. The summed E-state index contributed by atoms with van der Waals surface area (Å²) in [5.41, 5.74) is 1.44. The van der Waals surface area contributed by atoms with Crippen LogP contribution in [0.3, 0.4) is 0 Å². The van der Waals surface area contributed by atoms with Crippen molar-refractivity contribution in [2.45, 2.75) is 19.8 Å². The zero-order chi connectivity index (χ0) is 15.1. The Morgan fingerprint density at radius 1 is 1.43 bits per heavy atom. The van der Waals surface area contributed by atoms with Gasteiger partial charge in [0.15, 0.2) is 0 Å². The van der Waals surface area contributed by atoms with Crippen LogP contribution in [0, 0.1) is 0 Å². The highest BCUT2D eigenvalue weighted by molar-refractivity contribution is 7.09. The Hall–Kier alpha value is -1.88. The molecule has 0 unspecified atom stereocenters. The number of hydrogen-bond acceptors (Lipinski definition) is 4. The van der Waals surface area contributed by atoms with Crippen LogP contribution in [0.25, 0.3) is 0 Å². The van der Waals surface area contributed by atoms with E-state index in [1.165, 1.54) is 4.88 Å². The monoisotopic (exact) mass is 303 g/mol. The fraction of sp³-hybridized carbons (Fsp3) is 0.375. The van der Waals surface area contributed by atoms with Crippen molar-refractivity contribution in [2.75, 3.05) is 25.5 Å². The molecule has 0 spiro atoms. The molecule has 21 heavy (non-hydrogen) atoms. The molecule has 0 fully saturated rings. The van der Waals surface area contributed by atoms with Crippen LogP contribution in [0.2, 0.25) is 0 Å². The summed E-state index contributed by atoms with van der Waals surface area (Å²) in [6.07, 6.45) is 3.61. The molecule has 0 atom stereocenters. The first-order valence-corrected chi connectivity index (χ1v) is 8.06.